The number of methoxy groups -OCH3 is 1. The van der Waals surface area contributed by atoms with E-state index in [1.165, 1.54) is 19.2 Å². The van der Waals surface area contributed by atoms with E-state index in [1.807, 2.05) is 0 Å². The number of alkyl halides is 3. The summed E-state index contributed by atoms with van der Waals surface area (Å²) in [5.74, 6) is 0.176. The van der Waals surface area contributed by atoms with E-state index in [0.717, 1.165) is 12.1 Å². The summed E-state index contributed by atoms with van der Waals surface area (Å²) in [5.41, 5.74) is 5.07. The summed E-state index contributed by atoms with van der Waals surface area (Å²) in [5, 5.41) is -2.50. The van der Waals surface area contributed by atoms with Gasteiger partial charge < -0.3 is 10.5 Å². The highest BCUT2D eigenvalue weighted by molar-refractivity contribution is 7.92. The Morgan fingerprint density at radius 1 is 1.37 bits per heavy atom. The first-order chi connectivity index (χ1) is 8.73. The Hall–Kier alpha value is -1.28. The van der Waals surface area contributed by atoms with E-state index in [2.05, 4.69) is 0 Å². The molecular formula is C11H14F3NO3S. The molecule has 1 aromatic carbocycles. The first kappa shape index (κ1) is 15.8. The van der Waals surface area contributed by atoms with Crippen molar-refractivity contribution in [2.24, 2.45) is 5.73 Å². The van der Waals surface area contributed by atoms with E-state index < -0.39 is 32.6 Å². The minimum Gasteiger partial charge on any atom is -0.497 e. The van der Waals surface area contributed by atoms with Gasteiger partial charge >= 0.3 is 6.18 Å². The van der Waals surface area contributed by atoms with E-state index in [0.29, 0.717) is 0 Å². The predicted octanol–water partition coefficient (Wildman–Crippen LogP) is 1.75. The summed E-state index contributed by atoms with van der Waals surface area (Å²) in [6, 6.07) is 4.93. The standard InChI is InChI=1S/C11H14F3NO3S/c1-18-8-3-2-4-9(7-8)19(16,17)10(5-6-15)11(12,13)14/h2-4,7,10H,5-6,15H2,1H3. The van der Waals surface area contributed by atoms with E-state index in [-0.39, 0.29) is 12.3 Å². The summed E-state index contributed by atoms with van der Waals surface area (Å²) in [4.78, 5) is -0.428. The quantitative estimate of drug-likeness (QED) is 0.899. The summed E-state index contributed by atoms with van der Waals surface area (Å²) in [6.45, 7) is -0.368. The van der Waals surface area contributed by atoms with Crippen molar-refractivity contribution in [2.45, 2.75) is 22.7 Å². The minimum atomic E-state index is -4.86. The molecule has 0 saturated carbocycles. The zero-order valence-electron chi connectivity index (χ0n) is 10.1. The number of halogens is 3. The van der Waals surface area contributed by atoms with Crippen LogP contribution in [0.15, 0.2) is 29.2 Å². The number of benzene rings is 1. The average Bonchev–Trinajstić information content (AvgIpc) is 2.34. The number of sulfone groups is 1. The summed E-state index contributed by atoms with van der Waals surface area (Å²) in [7, 11) is -3.24. The van der Waals surface area contributed by atoms with Crippen molar-refractivity contribution in [1.82, 2.24) is 0 Å². The number of ether oxygens (including phenoxy) is 1. The Morgan fingerprint density at radius 2 is 2.00 bits per heavy atom. The first-order valence-corrected chi connectivity index (χ1v) is 6.93. The average molecular weight is 297 g/mol. The van der Waals surface area contributed by atoms with Gasteiger partial charge in [0.1, 0.15) is 5.75 Å². The highest BCUT2D eigenvalue weighted by Gasteiger charge is 2.48. The van der Waals surface area contributed by atoms with Crippen molar-refractivity contribution < 1.29 is 26.3 Å². The molecule has 0 saturated heterocycles. The van der Waals surface area contributed by atoms with Crippen LogP contribution in [0.1, 0.15) is 6.42 Å². The van der Waals surface area contributed by atoms with Crippen LogP contribution in [-0.2, 0) is 9.84 Å². The maximum absolute atomic E-state index is 12.8. The molecule has 19 heavy (non-hydrogen) atoms. The summed E-state index contributed by atoms with van der Waals surface area (Å²) in [6.07, 6.45) is -5.54. The fraction of sp³-hybridized carbons (Fsp3) is 0.455. The van der Waals surface area contributed by atoms with Crippen molar-refractivity contribution in [2.75, 3.05) is 13.7 Å². The molecule has 0 amide bonds. The van der Waals surface area contributed by atoms with Gasteiger partial charge in [0.25, 0.3) is 0 Å². The molecule has 0 aliphatic carbocycles. The Morgan fingerprint density at radius 3 is 2.47 bits per heavy atom. The molecule has 0 radical (unpaired) electrons. The lowest BCUT2D eigenvalue weighted by Crippen LogP contribution is -2.38. The Bertz CT molecular complexity index is 528. The molecule has 108 valence electrons. The minimum absolute atomic E-state index is 0.176. The fourth-order valence-corrected chi connectivity index (χ4v) is 3.26. The molecule has 1 rings (SSSR count). The van der Waals surface area contributed by atoms with Crippen LogP contribution in [-0.4, -0.2) is 33.5 Å². The van der Waals surface area contributed by atoms with Crippen molar-refractivity contribution in [3.63, 3.8) is 0 Å². The van der Waals surface area contributed by atoms with E-state index in [1.54, 1.807) is 0 Å². The molecule has 4 nitrogen and oxygen atoms in total. The van der Waals surface area contributed by atoms with Gasteiger partial charge in [-0.05, 0) is 31.2 Å². The highest BCUT2D eigenvalue weighted by Crippen LogP contribution is 2.33. The molecule has 1 aromatic rings. The smallest absolute Gasteiger partial charge is 0.405 e. The monoisotopic (exact) mass is 297 g/mol. The Labute approximate surface area is 109 Å². The molecule has 0 heterocycles. The zero-order chi connectivity index (χ0) is 14.7. The van der Waals surface area contributed by atoms with Crippen LogP contribution in [0.2, 0.25) is 0 Å². The van der Waals surface area contributed by atoms with Crippen molar-refractivity contribution in [3.8, 4) is 5.75 Å². The third kappa shape index (κ3) is 3.60. The largest absolute Gasteiger partial charge is 0.497 e. The van der Waals surface area contributed by atoms with Crippen LogP contribution >= 0.6 is 0 Å². The van der Waals surface area contributed by atoms with Gasteiger partial charge in [-0.2, -0.15) is 13.2 Å². The van der Waals surface area contributed by atoms with Gasteiger partial charge in [-0.1, -0.05) is 6.07 Å². The molecule has 0 aliphatic rings. The molecular weight excluding hydrogens is 283 g/mol. The van der Waals surface area contributed by atoms with Crippen LogP contribution in [0.4, 0.5) is 13.2 Å². The molecule has 0 spiro atoms. The fourth-order valence-electron chi connectivity index (χ4n) is 1.59. The number of hydrogen-bond donors (Lipinski definition) is 1. The van der Waals surface area contributed by atoms with E-state index in [9.17, 15) is 21.6 Å². The van der Waals surface area contributed by atoms with Crippen molar-refractivity contribution >= 4 is 9.84 Å². The zero-order valence-corrected chi connectivity index (χ0v) is 11.0. The summed E-state index contributed by atoms with van der Waals surface area (Å²) < 4.78 is 67.2. The van der Waals surface area contributed by atoms with Crippen LogP contribution in [0.5, 0.6) is 5.75 Å². The number of rotatable bonds is 5. The lowest BCUT2D eigenvalue weighted by molar-refractivity contribution is -0.131. The molecule has 8 heteroatoms. The predicted molar refractivity (Wildman–Crippen MR) is 63.7 cm³/mol. The third-order valence-electron chi connectivity index (χ3n) is 2.54. The molecule has 0 bridgehead atoms. The molecule has 2 N–H and O–H groups in total. The normalized spacial score (nSPS) is 14.2. The maximum atomic E-state index is 12.8. The second-order valence-electron chi connectivity index (χ2n) is 3.83. The third-order valence-corrected chi connectivity index (χ3v) is 4.70. The molecule has 0 aliphatic heterocycles. The molecule has 1 atom stereocenters. The van der Waals surface area contributed by atoms with Gasteiger partial charge in [0, 0.05) is 0 Å². The van der Waals surface area contributed by atoms with Crippen LogP contribution in [0, 0.1) is 0 Å². The maximum Gasteiger partial charge on any atom is 0.405 e. The van der Waals surface area contributed by atoms with Gasteiger partial charge in [-0.15, -0.1) is 0 Å². The highest BCUT2D eigenvalue weighted by atomic mass is 32.2. The van der Waals surface area contributed by atoms with E-state index >= 15 is 0 Å². The second kappa shape index (κ2) is 5.79. The SMILES string of the molecule is COc1cccc(S(=O)(=O)C(CCN)C(F)(F)F)c1. The first-order valence-electron chi connectivity index (χ1n) is 5.38. The van der Waals surface area contributed by atoms with Crippen molar-refractivity contribution in [3.05, 3.63) is 24.3 Å². The Balaban J connectivity index is 3.26. The topological polar surface area (TPSA) is 69.4 Å². The van der Waals surface area contributed by atoms with Gasteiger partial charge in [-0.3, -0.25) is 0 Å². The van der Waals surface area contributed by atoms with Crippen LogP contribution < -0.4 is 10.5 Å². The lowest BCUT2D eigenvalue weighted by atomic mass is 10.3. The van der Waals surface area contributed by atoms with Gasteiger partial charge in [0.05, 0.1) is 12.0 Å². The second-order valence-corrected chi connectivity index (χ2v) is 5.96. The van der Waals surface area contributed by atoms with Crippen molar-refractivity contribution in [1.29, 1.82) is 0 Å². The lowest BCUT2D eigenvalue weighted by Gasteiger charge is -2.20. The van der Waals surface area contributed by atoms with E-state index in [4.69, 9.17) is 10.5 Å². The number of hydrogen-bond acceptors (Lipinski definition) is 4. The van der Waals surface area contributed by atoms with Gasteiger partial charge in [-0.25, -0.2) is 8.42 Å². The van der Waals surface area contributed by atoms with Crippen LogP contribution in [0.25, 0.3) is 0 Å². The Kier molecular flexibility index (Phi) is 4.81. The molecule has 0 fully saturated rings. The summed E-state index contributed by atoms with van der Waals surface area (Å²) >= 11 is 0. The number of nitrogens with two attached hydrogens (primary N) is 1. The van der Waals surface area contributed by atoms with Crippen LogP contribution in [0.3, 0.4) is 0 Å². The molecule has 1 unspecified atom stereocenters. The van der Waals surface area contributed by atoms with Gasteiger partial charge in [0.2, 0.25) is 0 Å². The molecule has 0 aromatic heterocycles. The van der Waals surface area contributed by atoms with Gasteiger partial charge in [0.15, 0.2) is 15.1 Å².